The Morgan fingerprint density at radius 1 is 0.925 bits per heavy atom. The number of nitrogens with zero attached hydrogens (tertiary/aromatic N) is 3. The molecule has 0 saturated carbocycles. The van der Waals surface area contributed by atoms with E-state index in [9.17, 15) is 22.8 Å². The van der Waals surface area contributed by atoms with E-state index in [2.05, 4.69) is 9.71 Å². The second-order valence-electron chi connectivity index (χ2n) is 8.99. The lowest BCUT2D eigenvalue weighted by Crippen LogP contribution is -2.50. The fourth-order valence-electron chi connectivity index (χ4n) is 4.35. The summed E-state index contributed by atoms with van der Waals surface area (Å²) in [6.07, 6.45) is 3.60. The maximum atomic E-state index is 13.3. The van der Waals surface area contributed by atoms with Crippen molar-refractivity contribution in [2.75, 3.05) is 0 Å². The van der Waals surface area contributed by atoms with Crippen LogP contribution in [0, 0.1) is 0 Å². The molecule has 5 rings (SSSR count). The van der Waals surface area contributed by atoms with E-state index in [0.717, 1.165) is 10.6 Å². The molecule has 0 saturated heterocycles. The number of ether oxygens (including phenoxy) is 1. The van der Waals surface area contributed by atoms with Crippen LogP contribution < -0.4 is 9.46 Å². The van der Waals surface area contributed by atoms with Crippen LogP contribution in [0.15, 0.2) is 96.4 Å². The lowest BCUT2D eigenvalue weighted by molar-refractivity contribution is -0.137. The average molecular weight is 561 g/mol. The van der Waals surface area contributed by atoms with Crippen LogP contribution in [0.5, 0.6) is 11.5 Å². The van der Waals surface area contributed by atoms with Gasteiger partial charge in [-0.15, -0.1) is 0 Å². The van der Waals surface area contributed by atoms with E-state index in [0.29, 0.717) is 11.5 Å². The van der Waals surface area contributed by atoms with Gasteiger partial charge < -0.3 is 14.4 Å². The number of carboxylic acids is 1. The molecular formula is C28H24N4O7S. The molecule has 1 aliphatic heterocycles. The van der Waals surface area contributed by atoms with Crippen molar-refractivity contribution in [1.82, 2.24) is 19.2 Å². The third kappa shape index (κ3) is 5.63. The van der Waals surface area contributed by atoms with Gasteiger partial charge in [-0.25, -0.2) is 13.4 Å². The number of imidazole rings is 1. The number of carbonyl (C=O) groups excluding carboxylic acids is 2. The second-order valence-corrected chi connectivity index (χ2v) is 10.7. The summed E-state index contributed by atoms with van der Waals surface area (Å²) in [4.78, 5) is 41.8. The van der Waals surface area contributed by atoms with Gasteiger partial charge in [-0.2, -0.15) is 4.72 Å². The molecular weight excluding hydrogens is 536 g/mol. The van der Waals surface area contributed by atoms with Gasteiger partial charge in [0.05, 0.1) is 22.3 Å². The van der Waals surface area contributed by atoms with E-state index in [-0.39, 0.29) is 35.3 Å². The van der Waals surface area contributed by atoms with Crippen LogP contribution in [0.2, 0.25) is 0 Å². The van der Waals surface area contributed by atoms with Crippen molar-refractivity contribution in [2.24, 2.45) is 0 Å². The molecule has 1 aliphatic rings. The SMILES string of the molecule is O=C(O)CCCC(NS(=O)(=O)c1ccc(Oc2ccc(-n3ccnc3)cc2)cc1)N1C(=O)c2ccccc2C1=O. The number of carbonyl (C=O) groups is 3. The van der Waals surface area contributed by atoms with Crippen molar-refractivity contribution in [3.05, 3.63) is 103 Å². The van der Waals surface area contributed by atoms with Gasteiger partial charge in [0.15, 0.2) is 0 Å². The van der Waals surface area contributed by atoms with Crippen LogP contribution >= 0.6 is 0 Å². The second kappa shape index (κ2) is 11.1. The minimum absolute atomic E-state index is 0.0440. The highest BCUT2D eigenvalue weighted by Gasteiger charge is 2.41. The number of hydrogen-bond donors (Lipinski definition) is 2. The lowest BCUT2D eigenvalue weighted by Gasteiger charge is -2.27. The van der Waals surface area contributed by atoms with Crippen molar-refractivity contribution >= 4 is 27.8 Å². The predicted molar refractivity (Wildman–Crippen MR) is 143 cm³/mol. The van der Waals surface area contributed by atoms with Crippen molar-refractivity contribution in [3.8, 4) is 17.2 Å². The van der Waals surface area contributed by atoms with E-state index in [1.54, 1.807) is 36.8 Å². The highest BCUT2D eigenvalue weighted by molar-refractivity contribution is 7.89. The quantitative estimate of drug-likeness (QED) is 0.263. The third-order valence-corrected chi connectivity index (χ3v) is 7.78. The molecule has 1 atom stereocenters. The van der Waals surface area contributed by atoms with Gasteiger partial charge in [-0.1, -0.05) is 12.1 Å². The molecule has 0 bridgehead atoms. The van der Waals surface area contributed by atoms with Gasteiger partial charge in [0.25, 0.3) is 11.8 Å². The molecule has 11 nitrogen and oxygen atoms in total. The zero-order valence-electron chi connectivity index (χ0n) is 21.0. The summed E-state index contributed by atoms with van der Waals surface area (Å²) in [5.41, 5.74) is 1.22. The Hall–Kier alpha value is -4.81. The first-order valence-corrected chi connectivity index (χ1v) is 13.8. The molecule has 0 spiro atoms. The Morgan fingerprint density at radius 2 is 1.52 bits per heavy atom. The molecule has 12 heteroatoms. The number of hydrogen-bond acceptors (Lipinski definition) is 7. The molecule has 2 heterocycles. The van der Waals surface area contributed by atoms with Gasteiger partial charge in [-0.05, 0) is 73.5 Å². The number of benzene rings is 3. The van der Waals surface area contributed by atoms with E-state index in [4.69, 9.17) is 9.84 Å². The van der Waals surface area contributed by atoms with Crippen molar-refractivity contribution in [2.45, 2.75) is 30.3 Å². The minimum Gasteiger partial charge on any atom is -0.481 e. The van der Waals surface area contributed by atoms with Crippen LogP contribution in [0.25, 0.3) is 5.69 Å². The number of imide groups is 1. The van der Waals surface area contributed by atoms with Gasteiger partial charge >= 0.3 is 5.97 Å². The molecule has 4 aromatic rings. The first-order valence-electron chi connectivity index (χ1n) is 12.3. The number of carboxylic acid groups (broad SMARTS) is 1. The fourth-order valence-corrected chi connectivity index (χ4v) is 5.56. The standard InChI is InChI=1S/C28H24N4O7S/c33-26(34)7-3-6-25(32-27(35)23-4-1-2-5-24(23)28(32)36)30-40(37,38)22-14-12-21(13-15-22)39-20-10-8-19(9-11-20)31-17-16-29-18-31/h1-2,4-5,8-18,25,30H,3,6-7H2,(H,33,34). The van der Waals surface area contributed by atoms with E-state index in [1.807, 2.05) is 22.9 Å². The third-order valence-electron chi connectivity index (χ3n) is 6.31. The Balaban J connectivity index is 1.31. The molecule has 204 valence electrons. The molecule has 2 amide bonds. The Kier molecular flexibility index (Phi) is 7.45. The normalized spacial score (nSPS) is 13.8. The zero-order valence-corrected chi connectivity index (χ0v) is 21.8. The van der Waals surface area contributed by atoms with Crippen LogP contribution in [-0.4, -0.2) is 51.9 Å². The number of amides is 2. The molecule has 1 aromatic heterocycles. The van der Waals surface area contributed by atoms with Gasteiger partial charge in [0, 0.05) is 24.5 Å². The predicted octanol–water partition coefficient (Wildman–Crippen LogP) is 3.82. The van der Waals surface area contributed by atoms with Crippen molar-refractivity contribution in [1.29, 1.82) is 0 Å². The number of fused-ring (bicyclic) bond motifs is 1. The summed E-state index contributed by atoms with van der Waals surface area (Å²) in [6.45, 7) is 0. The summed E-state index contributed by atoms with van der Waals surface area (Å²) in [5, 5.41) is 9.04. The molecule has 0 radical (unpaired) electrons. The average Bonchev–Trinajstić information content (AvgIpc) is 3.56. The highest BCUT2D eigenvalue weighted by atomic mass is 32.2. The molecule has 0 aliphatic carbocycles. The summed E-state index contributed by atoms with van der Waals surface area (Å²) in [5.74, 6) is -1.43. The fraction of sp³-hybridized carbons (Fsp3) is 0.143. The van der Waals surface area contributed by atoms with Gasteiger partial charge in [-0.3, -0.25) is 19.3 Å². The van der Waals surface area contributed by atoms with Crippen molar-refractivity contribution in [3.63, 3.8) is 0 Å². The Bertz CT molecular complexity index is 1620. The molecule has 40 heavy (non-hydrogen) atoms. The van der Waals surface area contributed by atoms with Gasteiger partial charge in [0.1, 0.15) is 17.7 Å². The largest absolute Gasteiger partial charge is 0.481 e. The summed E-state index contributed by atoms with van der Waals surface area (Å²) < 4.78 is 36.6. The van der Waals surface area contributed by atoms with Crippen LogP contribution in [-0.2, 0) is 14.8 Å². The van der Waals surface area contributed by atoms with E-state index in [1.165, 1.54) is 36.4 Å². The monoisotopic (exact) mass is 560 g/mol. The van der Waals surface area contributed by atoms with Crippen LogP contribution in [0.4, 0.5) is 0 Å². The minimum atomic E-state index is -4.21. The zero-order chi connectivity index (χ0) is 28.3. The Morgan fingerprint density at radius 3 is 2.08 bits per heavy atom. The maximum Gasteiger partial charge on any atom is 0.303 e. The molecule has 3 aromatic carbocycles. The Labute approximate surface area is 229 Å². The van der Waals surface area contributed by atoms with Crippen LogP contribution in [0.3, 0.4) is 0 Å². The molecule has 0 fully saturated rings. The maximum absolute atomic E-state index is 13.3. The topological polar surface area (TPSA) is 148 Å². The van der Waals surface area contributed by atoms with E-state index < -0.39 is 34.0 Å². The number of sulfonamides is 1. The van der Waals surface area contributed by atoms with Gasteiger partial charge in [0.2, 0.25) is 10.0 Å². The highest BCUT2D eigenvalue weighted by Crippen LogP contribution is 2.28. The summed E-state index contributed by atoms with van der Waals surface area (Å²) >= 11 is 0. The first-order chi connectivity index (χ1) is 19.2. The van der Waals surface area contributed by atoms with E-state index >= 15 is 0 Å². The molecule has 2 N–H and O–H groups in total. The number of aromatic nitrogens is 2. The van der Waals surface area contributed by atoms with Crippen molar-refractivity contribution < 1.29 is 32.6 Å². The summed E-state index contributed by atoms with van der Waals surface area (Å²) in [7, 11) is -4.21. The smallest absolute Gasteiger partial charge is 0.303 e. The molecule has 1 unspecified atom stereocenters. The van der Waals surface area contributed by atoms with Crippen LogP contribution in [0.1, 0.15) is 40.0 Å². The number of nitrogens with one attached hydrogen (secondary N) is 1. The number of rotatable bonds is 11. The lowest BCUT2D eigenvalue weighted by atomic mass is 10.1. The first kappa shape index (κ1) is 26.8. The number of aliphatic carboxylic acids is 1. The summed E-state index contributed by atoms with van der Waals surface area (Å²) in [6, 6.07) is 19.1.